The molecule has 3 heteroatoms. The lowest BCUT2D eigenvalue weighted by Crippen LogP contribution is -2.38. The maximum atomic E-state index is 9.82. The summed E-state index contributed by atoms with van der Waals surface area (Å²) in [5.74, 6) is 0.127. The van der Waals surface area contributed by atoms with Gasteiger partial charge in [-0.05, 0) is 12.0 Å². The van der Waals surface area contributed by atoms with Crippen LogP contribution in [0.1, 0.15) is 12.0 Å². The highest BCUT2D eigenvalue weighted by atomic mass is 16.5. The Morgan fingerprint density at radius 1 is 1.28 bits per heavy atom. The van der Waals surface area contributed by atoms with E-state index in [9.17, 15) is 5.11 Å². The van der Waals surface area contributed by atoms with E-state index in [1.165, 1.54) is 0 Å². The summed E-state index contributed by atoms with van der Waals surface area (Å²) in [4.78, 5) is 0. The highest BCUT2D eigenvalue weighted by Gasteiger charge is 2.28. The molecule has 2 rings (SSSR count). The van der Waals surface area contributed by atoms with Gasteiger partial charge in [-0.25, -0.2) is 0 Å². The molecule has 98 valence electrons. The molecule has 0 fully saturated rings. The quantitative estimate of drug-likeness (QED) is 0.811. The second kappa shape index (κ2) is 6.69. The van der Waals surface area contributed by atoms with Crippen molar-refractivity contribution < 1.29 is 14.6 Å². The number of methoxy groups -OCH3 is 1. The molecular weight excluding hydrogens is 228 g/mol. The second-order valence-electron chi connectivity index (χ2n) is 4.60. The van der Waals surface area contributed by atoms with Crippen molar-refractivity contribution in [1.29, 1.82) is 0 Å². The van der Waals surface area contributed by atoms with Crippen LogP contribution in [-0.4, -0.2) is 31.0 Å². The van der Waals surface area contributed by atoms with Crippen LogP contribution in [0.25, 0.3) is 0 Å². The Labute approximate surface area is 108 Å². The van der Waals surface area contributed by atoms with Crippen molar-refractivity contribution >= 4 is 0 Å². The largest absolute Gasteiger partial charge is 0.390 e. The molecule has 1 N–H and O–H groups in total. The molecule has 0 bridgehead atoms. The average Bonchev–Trinajstić information content (AvgIpc) is 2.40. The Balaban J connectivity index is 1.82. The first-order valence-corrected chi connectivity index (χ1v) is 6.30. The van der Waals surface area contributed by atoms with Crippen LogP contribution in [-0.2, 0) is 16.1 Å². The fourth-order valence-electron chi connectivity index (χ4n) is 2.29. The molecule has 0 amide bonds. The smallest absolute Gasteiger partial charge is 0.0917 e. The van der Waals surface area contributed by atoms with Gasteiger partial charge in [0, 0.05) is 13.0 Å². The van der Waals surface area contributed by atoms with E-state index in [2.05, 4.69) is 6.08 Å². The van der Waals surface area contributed by atoms with Crippen molar-refractivity contribution in [3.63, 3.8) is 0 Å². The van der Waals surface area contributed by atoms with E-state index in [-0.39, 0.29) is 12.0 Å². The van der Waals surface area contributed by atoms with E-state index in [1.54, 1.807) is 7.11 Å². The van der Waals surface area contributed by atoms with Crippen molar-refractivity contribution in [1.82, 2.24) is 0 Å². The van der Waals surface area contributed by atoms with E-state index in [4.69, 9.17) is 9.47 Å². The fourth-order valence-corrected chi connectivity index (χ4v) is 2.29. The highest BCUT2D eigenvalue weighted by molar-refractivity contribution is 5.13. The van der Waals surface area contributed by atoms with Crippen molar-refractivity contribution in [3.8, 4) is 0 Å². The summed E-state index contributed by atoms with van der Waals surface area (Å²) in [6.45, 7) is 1.17. The summed E-state index contributed by atoms with van der Waals surface area (Å²) < 4.78 is 11.0. The molecule has 3 nitrogen and oxygen atoms in total. The van der Waals surface area contributed by atoms with Crippen molar-refractivity contribution in [3.05, 3.63) is 48.0 Å². The minimum Gasteiger partial charge on any atom is -0.390 e. The molecule has 1 aliphatic carbocycles. The summed E-state index contributed by atoms with van der Waals surface area (Å²) in [6.07, 6.45) is 4.15. The Morgan fingerprint density at radius 2 is 2.06 bits per heavy atom. The Hall–Kier alpha value is -1.16. The fraction of sp³-hybridized carbons (Fsp3) is 0.467. The van der Waals surface area contributed by atoms with Gasteiger partial charge >= 0.3 is 0 Å². The van der Waals surface area contributed by atoms with Gasteiger partial charge in [-0.2, -0.15) is 0 Å². The molecule has 0 unspecified atom stereocenters. The van der Waals surface area contributed by atoms with Gasteiger partial charge < -0.3 is 14.6 Å². The predicted octanol–water partition coefficient (Wildman–Crippen LogP) is 2.16. The molecule has 1 aromatic rings. The number of benzene rings is 1. The lowest BCUT2D eigenvalue weighted by Gasteiger charge is -2.30. The van der Waals surface area contributed by atoms with Crippen LogP contribution in [0, 0.1) is 5.92 Å². The predicted molar refractivity (Wildman–Crippen MR) is 70.1 cm³/mol. The lowest BCUT2D eigenvalue weighted by molar-refractivity contribution is -0.0596. The van der Waals surface area contributed by atoms with Gasteiger partial charge in [-0.3, -0.25) is 0 Å². The number of ether oxygens (including phenoxy) is 2. The SMILES string of the molecule is CO[C@@H]1[C@H](O)CC=C[C@@H]1COCc1ccccc1. The van der Waals surface area contributed by atoms with Crippen LogP contribution in [0.15, 0.2) is 42.5 Å². The molecule has 0 aromatic heterocycles. The molecule has 0 saturated heterocycles. The lowest BCUT2D eigenvalue weighted by atomic mass is 9.91. The summed E-state index contributed by atoms with van der Waals surface area (Å²) >= 11 is 0. The molecule has 18 heavy (non-hydrogen) atoms. The van der Waals surface area contributed by atoms with Crippen LogP contribution in [0.2, 0.25) is 0 Å². The third kappa shape index (κ3) is 3.42. The molecule has 0 radical (unpaired) electrons. The standard InChI is InChI=1S/C15H20O3/c1-17-15-13(8-5-9-14(15)16)11-18-10-12-6-3-2-4-7-12/h2-8,13-16H,9-11H2,1H3/t13-,14-,15+/m1/s1. The highest BCUT2D eigenvalue weighted by Crippen LogP contribution is 2.22. The Bertz CT molecular complexity index is 375. The van der Waals surface area contributed by atoms with E-state index in [1.807, 2.05) is 36.4 Å². The van der Waals surface area contributed by atoms with Gasteiger partial charge in [-0.1, -0.05) is 42.5 Å². The zero-order valence-electron chi connectivity index (χ0n) is 10.7. The second-order valence-corrected chi connectivity index (χ2v) is 4.60. The first-order chi connectivity index (χ1) is 8.81. The third-order valence-electron chi connectivity index (χ3n) is 3.26. The molecule has 0 heterocycles. The van der Waals surface area contributed by atoms with Gasteiger partial charge in [0.1, 0.15) is 0 Å². The molecular formula is C15H20O3. The summed E-state index contributed by atoms with van der Waals surface area (Å²) in [5, 5.41) is 9.82. The number of rotatable bonds is 5. The Morgan fingerprint density at radius 3 is 2.78 bits per heavy atom. The topological polar surface area (TPSA) is 38.7 Å². The van der Waals surface area contributed by atoms with E-state index in [0.29, 0.717) is 19.6 Å². The maximum Gasteiger partial charge on any atom is 0.0917 e. The number of aliphatic hydroxyl groups excluding tert-OH is 1. The molecule has 1 aromatic carbocycles. The number of hydrogen-bond acceptors (Lipinski definition) is 3. The first-order valence-electron chi connectivity index (χ1n) is 6.30. The minimum atomic E-state index is -0.426. The molecule has 3 atom stereocenters. The monoisotopic (exact) mass is 248 g/mol. The molecule has 0 aliphatic heterocycles. The van der Waals surface area contributed by atoms with E-state index < -0.39 is 6.10 Å². The molecule has 0 spiro atoms. The number of hydrogen-bond donors (Lipinski definition) is 1. The third-order valence-corrected chi connectivity index (χ3v) is 3.26. The summed E-state index contributed by atoms with van der Waals surface area (Å²) in [5.41, 5.74) is 1.16. The van der Waals surface area contributed by atoms with Crippen molar-refractivity contribution in [2.45, 2.75) is 25.2 Å². The van der Waals surface area contributed by atoms with Crippen LogP contribution in [0.4, 0.5) is 0 Å². The van der Waals surface area contributed by atoms with Crippen LogP contribution >= 0.6 is 0 Å². The zero-order chi connectivity index (χ0) is 12.8. The first kappa shape index (κ1) is 13.3. The van der Waals surface area contributed by atoms with Gasteiger partial charge in [0.25, 0.3) is 0 Å². The van der Waals surface area contributed by atoms with Gasteiger partial charge in [0.15, 0.2) is 0 Å². The minimum absolute atomic E-state index is 0.127. The maximum absolute atomic E-state index is 9.82. The zero-order valence-corrected chi connectivity index (χ0v) is 10.7. The van der Waals surface area contributed by atoms with Gasteiger partial charge in [0.05, 0.1) is 25.4 Å². The van der Waals surface area contributed by atoms with E-state index in [0.717, 1.165) is 5.56 Å². The average molecular weight is 248 g/mol. The van der Waals surface area contributed by atoms with Crippen molar-refractivity contribution in [2.24, 2.45) is 5.92 Å². The van der Waals surface area contributed by atoms with Gasteiger partial charge in [0.2, 0.25) is 0 Å². The van der Waals surface area contributed by atoms with Crippen LogP contribution in [0.5, 0.6) is 0 Å². The van der Waals surface area contributed by atoms with Crippen LogP contribution in [0.3, 0.4) is 0 Å². The summed E-state index contributed by atoms with van der Waals surface area (Å²) in [6, 6.07) is 10.1. The van der Waals surface area contributed by atoms with E-state index >= 15 is 0 Å². The van der Waals surface area contributed by atoms with Crippen molar-refractivity contribution in [2.75, 3.05) is 13.7 Å². The molecule has 0 saturated carbocycles. The number of aliphatic hydroxyl groups is 1. The van der Waals surface area contributed by atoms with Gasteiger partial charge in [-0.15, -0.1) is 0 Å². The molecule has 1 aliphatic rings. The normalized spacial score (nSPS) is 27.3. The van der Waals surface area contributed by atoms with Crippen LogP contribution < -0.4 is 0 Å². The Kier molecular flexibility index (Phi) is 4.93. The summed E-state index contributed by atoms with van der Waals surface area (Å²) in [7, 11) is 1.64.